The minimum atomic E-state index is -0.238. The van der Waals surface area contributed by atoms with Crippen LogP contribution in [0.2, 0.25) is 0 Å². The van der Waals surface area contributed by atoms with Crippen LogP contribution >= 0.6 is 0 Å². The fourth-order valence-corrected chi connectivity index (χ4v) is 1.19. The van der Waals surface area contributed by atoms with Gasteiger partial charge in [0.1, 0.15) is 6.29 Å². The Morgan fingerprint density at radius 3 is 2.36 bits per heavy atom. The van der Waals surface area contributed by atoms with E-state index in [1.54, 1.807) is 0 Å². The highest BCUT2D eigenvalue weighted by atomic mass is 16.1. The third-order valence-corrected chi connectivity index (χ3v) is 2.14. The van der Waals surface area contributed by atoms with Gasteiger partial charge in [-0.1, -0.05) is 33.3 Å². The van der Waals surface area contributed by atoms with E-state index in [0.717, 1.165) is 19.1 Å². The minimum Gasteiger partial charge on any atom is -0.303 e. The first-order valence-corrected chi connectivity index (χ1v) is 4.17. The Morgan fingerprint density at radius 2 is 2.09 bits per heavy atom. The van der Waals surface area contributed by atoms with Gasteiger partial charge in [0, 0.05) is 5.41 Å². The van der Waals surface area contributed by atoms with E-state index in [4.69, 9.17) is 0 Å². The molecule has 0 aromatic heterocycles. The van der Waals surface area contributed by atoms with Crippen molar-refractivity contribution in [3.8, 4) is 0 Å². The molecule has 0 fully saturated rings. The molecule has 1 unspecified atom stereocenters. The largest absolute Gasteiger partial charge is 0.303 e. The van der Waals surface area contributed by atoms with Gasteiger partial charge in [-0.25, -0.2) is 0 Å². The van der Waals surface area contributed by atoms with Crippen LogP contribution in [0.25, 0.3) is 0 Å². The van der Waals surface area contributed by atoms with Gasteiger partial charge in [-0.3, -0.25) is 0 Å². The molecule has 1 nitrogen and oxygen atoms in total. The number of carbonyl (C=O) groups excluding carboxylic acids is 1. The lowest BCUT2D eigenvalue weighted by Crippen LogP contribution is -2.23. The molecule has 0 N–H and O–H groups in total. The van der Waals surface area contributed by atoms with Gasteiger partial charge in [-0.05, 0) is 12.3 Å². The van der Waals surface area contributed by atoms with E-state index < -0.39 is 0 Å². The van der Waals surface area contributed by atoms with Crippen LogP contribution in [0.1, 0.15) is 33.6 Å². The van der Waals surface area contributed by atoms with Gasteiger partial charge >= 0.3 is 0 Å². The van der Waals surface area contributed by atoms with Gasteiger partial charge in [0.25, 0.3) is 0 Å². The number of carbonyl (C=O) groups is 1. The Labute approximate surface area is 69.5 Å². The molecule has 0 aliphatic rings. The van der Waals surface area contributed by atoms with Crippen molar-refractivity contribution < 1.29 is 4.79 Å². The number of hydrogen-bond acceptors (Lipinski definition) is 1. The van der Waals surface area contributed by atoms with Crippen molar-refractivity contribution in [3.05, 3.63) is 12.7 Å². The Balaban J connectivity index is 4.22. The molecule has 0 bridgehead atoms. The third-order valence-electron chi connectivity index (χ3n) is 2.14. The highest BCUT2D eigenvalue weighted by Crippen LogP contribution is 2.28. The predicted octanol–water partition coefficient (Wildman–Crippen LogP) is 2.81. The molecule has 11 heavy (non-hydrogen) atoms. The molecule has 0 saturated heterocycles. The van der Waals surface area contributed by atoms with E-state index >= 15 is 0 Å². The Hall–Kier alpha value is -0.590. The van der Waals surface area contributed by atoms with E-state index in [1.807, 2.05) is 19.9 Å². The van der Waals surface area contributed by atoms with Crippen LogP contribution in [-0.2, 0) is 4.79 Å². The quantitative estimate of drug-likeness (QED) is 0.439. The van der Waals surface area contributed by atoms with Crippen molar-refractivity contribution in [2.24, 2.45) is 11.3 Å². The monoisotopic (exact) mass is 154 g/mol. The SMILES string of the molecule is C=CC(CCC)C(C)(C)C=O. The molecule has 0 aliphatic carbocycles. The van der Waals surface area contributed by atoms with E-state index in [1.165, 1.54) is 0 Å². The molecule has 0 aromatic rings. The first-order valence-electron chi connectivity index (χ1n) is 4.17. The standard InChI is InChI=1S/C10H18O/c1-5-7-9(6-2)10(3,4)8-11/h6,8-9H,2,5,7H2,1,3-4H3. The molecule has 64 valence electrons. The van der Waals surface area contributed by atoms with Crippen molar-refractivity contribution in [2.45, 2.75) is 33.6 Å². The van der Waals surface area contributed by atoms with Crippen LogP contribution in [0.3, 0.4) is 0 Å². The maximum Gasteiger partial charge on any atom is 0.126 e. The van der Waals surface area contributed by atoms with Crippen LogP contribution in [0, 0.1) is 11.3 Å². The van der Waals surface area contributed by atoms with Crippen LogP contribution in [0.15, 0.2) is 12.7 Å². The Bertz CT molecular complexity index is 136. The smallest absolute Gasteiger partial charge is 0.126 e. The summed E-state index contributed by atoms with van der Waals surface area (Å²) < 4.78 is 0. The summed E-state index contributed by atoms with van der Waals surface area (Å²) in [6.07, 6.45) is 5.07. The molecule has 0 saturated carbocycles. The van der Waals surface area contributed by atoms with E-state index in [9.17, 15) is 4.79 Å². The zero-order chi connectivity index (χ0) is 8.91. The normalized spacial score (nSPS) is 14.1. The fourth-order valence-electron chi connectivity index (χ4n) is 1.19. The maximum atomic E-state index is 10.7. The molecule has 0 spiro atoms. The number of allylic oxidation sites excluding steroid dienone is 1. The summed E-state index contributed by atoms with van der Waals surface area (Å²) in [4.78, 5) is 10.7. The second kappa shape index (κ2) is 4.32. The van der Waals surface area contributed by atoms with Crippen LogP contribution in [0.4, 0.5) is 0 Å². The molecule has 1 heteroatoms. The van der Waals surface area contributed by atoms with E-state index in [0.29, 0.717) is 5.92 Å². The molecular weight excluding hydrogens is 136 g/mol. The van der Waals surface area contributed by atoms with Crippen molar-refractivity contribution >= 4 is 6.29 Å². The van der Waals surface area contributed by atoms with Crippen LogP contribution < -0.4 is 0 Å². The minimum absolute atomic E-state index is 0.238. The molecule has 1 atom stereocenters. The molecule has 0 rings (SSSR count). The summed E-state index contributed by atoms with van der Waals surface area (Å²) in [6, 6.07) is 0. The molecular formula is C10H18O. The fraction of sp³-hybridized carbons (Fsp3) is 0.700. The van der Waals surface area contributed by atoms with Gasteiger partial charge in [0.15, 0.2) is 0 Å². The van der Waals surface area contributed by atoms with Crippen molar-refractivity contribution in [1.29, 1.82) is 0 Å². The third kappa shape index (κ3) is 2.87. The molecule has 0 radical (unpaired) electrons. The lowest BCUT2D eigenvalue weighted by Gasteiger charge is -2.25. The summed E-state index contributed by atoms with van der Waals surface area (Å²) in [5, 5.41) is 0. The molecule has 0 amide bonds. The van der Waals surface area contributed by atoms with Crippen molar-refractivity contribution in [3.63, 3.8) is 0 Å². The summed E-state index contributed by atoms with van der Waals surface area (Å²) in [7, 11) is 0. The first-order chi connectivity index (χ1) is 5.08. The molecule has 0 heterocycles. The Kier molecular flexibility index (Phi) is 4.09. The lowest BCUT2D eigenvalue weighted by molar-refractivity contribution is -0.116. The van der Waals surface area contributed by atoms with E-state index in [2.05, 4.69) is 13.5 Å². The van der Waals surface area contributed by atoms with Gasteiger partial charge in [-0.2, -0.15) is 0 Å². The number of hydrogen-bond donors (Lipinski definition) is 0. The highest BCUT2D eigenvalue weighted by Gasteiger charge is 2.25. The zero-order valence-corrected chi connectivity index (χ0v) is 7.76. The summed E-state index contributed by atoms with van der Waals surface area (Å²) in [6.45, 7) is 9.78. The number of aldehydes is 1. The van der Waals surface area contributed by atoms with Gasteiger partial charge in [0.2, 0.25) is 0 Å². The van der Waals surface area contributed by atoms with Crippen molar-refractivity contribution in [2.75, 3.05) is 0 Å². The Morgan fingerprint density at radius 1 is 1.55 bits per heavy atom. The lowest BCUT2D eigenvalue weighted by atomic mass is 9.78. The average molecular weight is 154 g/mol. The zero-order valence-electron chi connectivity index (χ0n) is 7.76. The summed E-state index contributed by atoms with van der Waals surface area (Å²) >= 11 is 0. The highest BCUT2D eigenvalue weighted by molar-refractivity contribution is 5.59. The van der Waals surface area contributed by atoms with Gasteiger partial charge < -0.3 is 4.79 Å². The topological polar surface area (TPSA) is 17.1 Å². The first kappa shape index (κ1) is 10.4. The number of rotatable bonds is 5. The second-order valence-electron chi connectivity index (χ2n) is 3.57. The van der Waals surface area contributed by atoms with E-state index in [-0.39, 0.29) is 5.41 Å². The van der Waals surface area contributed by atoms with Crippen LogP contribution in [-0.4, -0.2) is 6.29 Å². The molecule has 0 aromatic carbocycles. The summed E-state index contributed by atoms with van der Waals surface area (Å²) in [5.74, 6) is 0.324. The second-order valence-corrected chi connectivity index (χ2v) is 3.57. The molecule has 0 aliphatic heterocycles. The average Bonchev–Trinajstić information content (AvgIpc) is 2.00. The van der Waals surface area contributed by atoms with Crippen molar-refractivity contribution in [1.82, 2.24) is 0 Å². The summed E-state index contributed by atoms with van der Waals surface area (Å²) in [5.41, 5.74) is -0.238. The van der Waals surface area contributed by atoms with Crippen LogP contribution in [0.5, 0.6) is 0 Å². The van der Waals surface area contributed by atoms with Gasteiger partial charge in [-0.15, -0.1) is 6.58 Å². The predicted molar refractivity (Wildman–Crippen MR) is 48.4 cm³/mol. The maximum absolute atomic E-state index is 10.7. The van der Waals surface area contributed by atoms with Gasteiger partial charge in [0.05, 0.1) is 0 Å².